The first kappa shape index (κ1) is 19.2. The van der Waals surface area contributed by atoms with Gasteiger partial charge >= 0.3 is 0 Å². The monoisotopic (exact) mass is 427 g/mol. The van der Waals surface area contributed by atoms with Gasteiger partial charge in [-0.1, -0.05) is 24.3 Å². The quantitative estimate of drug-likeness (QED) is 0.444. The molecule has 5 aromatic rings. The Labute approximate surface area is 185 Å². The van der Waals surface area contributed by atoms with Gasteiger partial charge in [0.15, 0.2) is 11.5 Å². The lowest BCUT2D eigenvalue weighted by molar-refractivity contribution is 0.120. The SMILES string of the molecule is Cc1nc2ccccc2n1CCc1nc2c3ccccc3nc(NCC3CCCO3)n2n1. The third kappa shape index (κ3) is 3.36. The van der Waals surface area contributed by atoms with Crippen LogP contribution in [0.15, 0.2) is 48.5 Å². The topological polar surface area (TPSA) is 82.2 Å². The molecule has 1 aliphatic rings. The predicted octanol–water partition coefficient (Wildman–Crippen LogP) is 3.77. The maximum absolute atomic E-state index is 5.76. The zero-order valence-electron chi connectivity index (χ0n) is 18.0. The number of hydrogen-bond acceptors (Lipinski definition) is 6. The van der Waals surface area contributed by atoms with Crippen molar-refractivity contribution in [3.63, 3.8) is 0 Å². The summed E-state index contributed by atoms with van der Waals surface area (Å²) in [6.07, 6.45) is 3.12. The van der Waals surface area contributed by atoms with E-state index in [1.54, 1.807) is 0 Å². The van der Waals surface area contributed by atoms with Crippen LogP contribution >= 0.6 is 0 Å². The van der Waals surface area contributed by atoms with Crippen molar-refractivity contribution in [2.45, 2.75) is 38.8 Å². The maximum atomic E-state index is 5.76. The van der Waals surface area contributed by atoms with E-state index in [2.05, 4.69) is 20.9 Å². The highest BCUT2D eigenvalue weighted by atomic mass is 16.5. The number of aromatic nitrogens is 6. The van der Waals surface area contributed by atoms with Gasteiger partial charge in [-0.2, -0.15) is 4.52 Å². The summed E-state index contributed by atoms with van der Waals surface area (Å²) >= 11 is 0. The smallest absolute Gasteiger partial charge is 0.226 e. The fourth-order valence-electron chi connectivity index (χ4n) is 4.52. The number of para-hydroxylation sites is 3. The van der Waals surface area contributed by atoms with E-state index >= 15 is 0 Å². The maximum Gasteiger partial charge on any atom is 0.226 e. The summed E-state index contributed by atoms with van der Waals surface area (Å²) in [6, 6.07) is 16.3. The molecule has 6 rings (SSSR count). The van der Waals surface area contributed by atoms with Crippen molar-refractivity contribution < 1.29 is 4.74 Å². The van der Waals surface area contributed by atoms with Crippen LogP contribution in [0.25, 0.3) is 27.6 Å². The molecule has 4 heterocycles. The third-order valence-corrected chi connectivity index (χ3v) is 6.14. The van der Waals surface area contributed by atoms with Gasteiger partial charge in [0, 0.05) is 31.5 Å². The van der Waals surface area contributed by atoms with Gasteiger partial charge in [-0.3, -0.25) is 0 Å². The van der Waals surface area contributed by atoms with Crippen molar-refractivity contribution in [2.24, 2.45) is 0 Å². The fourth-order valence-corrected chi connectivity index (χ4v) is 4.52. The van der Waals surface area contributed by atoms with Crippen molar-refractivity contribution in [3.8, 4) is 0 Å². The number of hydrogen-bond donors (Lipinski definition) is 1. The van der Waals surface area contributed by atoms with Gasteiger partial charge in [-0.25, -0.2) is 15.0 Å². The Morgan fingerprint density at radius 3 is 2.75 bits per heavy atom. The zero-order valence-corrected chi connectivity index (χ0v) is 18.0. The van der Waals surface area contributed by atoms with Crippen LogP contribution in [-0.4, -0.2) is 48.4 Å². The van der Waals surface area contributed by atoms with Gasteiger partial charge in [-0.15, -0.1) is 5.10 Å². The summed E-state index contributed by atoms with van der Waals surface area (Å²) in [5.41, 5.74) is 3.89. The number of nitrogens with one attached hydrogen (secondary N) is 1. The molecule has 1 atom stereocenters. The van der Waals surface area contributed by atoms with Gasteiger partial charge < -0.3 is 14.6 Å². The molecule has 2 aromatic carbocycles. The van der Waals surface area contributed by atoms with Crippen LogP contribution in [0.5, 0.6) is 0 Å². The van der Waals surface area contributed by atoms with Crippen LogP contribution in [0, 0.1) is 6.92 Å². The molecule has 8 nitrogen and oxygen atoms in total. The Balaban J connectivity index is 1.34. The van der Waals surface area contributed by atoms with Crippen molar-refractivity contribution in [3.05, 3.63) is 60.2 Å². The highest BCUT2D eigenvalue weighted by molar-refractivity contribution is 5.92. The van der Waals surface area contributed by atoms with E-state index in [1.165, 1.54) is 0 Å². The van der Waals surface area contributed by atoms with E-state index in [0.717, 1.165) is 71.8 Å². The number of aryl methyl sites for hydroxylation is 3. The largest absolute Gasteiger partial charge is 0.376 e. The molecule has 1 N–H and O–H groups in total. The van der Waals surface area contributed by atoms with E-state index in [1.807, 2.05) is 53.9 Å². The molecule has 1 aliphatic heterocycles. The highest BCUT2D eigenvalue weighted by Gasteiger charge is 2.18. The summed E-state index contributed by atoms with van der Waals surface area (Å²) in [5.74, 6) is 2.50. The van der Waals surface area contributed by atoms with Crippen molar-refractivity contribution in [1.29, 1.82) is 0 Å². The van der Waals surface area contributed by atoms with Crippen LogP contribution in [-0.2, 0) is 17.7 Å². The number of anilines is 1. The van der Waals surface area contributed by atoms with Crippen molar-refractivity contribution in [2.75, 3.05) is 18.5 Å². The zero-order chi connectivity index (χ0) is 21.5. The van der Waals surface area contributed by atoms with Gasteiger partial charge in [0.1, 0.15) is 5.82 Å². The van der Waals surface area contributed by atoms with E-state index in [-0.39, 0.29) is 6.10 Å². The Hall–Kier alpha value is -3.52. The van der Waals surface area contributed by atoms with Crippen LogP contribution < -0.4 is 5.32 Å². The van der Waals surface area contributed by atoms with Crippen molar-refractivity contribution in [1.82, 2.24) is 29.1 Å². The molecule has 1 fully saturated rings. The van der Waals surface area contributed by atoms with Gasteiger partial charge in [-0.05, 0) is 44.0 Å². The van der Waals surface area contributed by atoms with Gasteiger partial charge in [0.05, 0.1) is 22.7 Å². The molecule has 0 spiro atoms. The summed E-state index contributed by atoms with van der Waals surface area (Å²) in [4.78, 5) is 14.4. The van der Waals surface area contributed by atoms with Gasteiger partial charge in [0.2, 0.25) is 5.95 Å². The Morgan fingerprint density at radius 2 is 1.88 bits per heavy atom. The molecule has 0 saturated carbocycles. The summed E-state index contributed by atoms with van der Waals surface area (Å²) in [7, 11) is 0. The number of rotatable bonds is 6. The molecular formula is C24H25N7O. The normalized spacial score (nSPS) is 16.5. The lowest BCUT2D eigenvalue weighted by atomic mass is 10.2. The van der Waals surface area contributed by atoms with E-state index < -0.39 is 0 Å². The molecule has 1 saturated heterocycles. The summed E-state index contributed by atoms with van der Waals surface area (Å²) < 4.78 is 9.83. The summed E-state index contributed by atoms with van der Waals surface area (Å²) in [6.45, 7) is 4.37. The number of benzene rings is 2. The second-order valence-corrected chi connectivity index (χ2v) is 8.28. The number of nitrogens with zero attached hydrogens (tertiary/aromatic N) is 6. The van der Waals surface area contributed by atoms with E-state index in [0.29, 0.717) is 12.4 Å². The molecule has 0 bridgehead atoms. The average molecular weight is 428 g/mol. The second-order valence-electron chi connectivity index (χ2n) is 8.28. The van der Waals surface area contributed by atoms with Crippen LogP contribution in [0.2, 0.25) is 0 Å². The Morgan fingerprint density at radius 1 is 1.03 bits per heavy atom. The number of ether oxygens (including phenoxy) is 1. The third-order valence-electron chi connectivity index (χ3n) is 6.14. The standard InChI is InChI=1S/C24H25N7O/c1-16-26-20-10-4-5-11-21(20)30(16)13-12-22-28-23-18-8-2-3-9-19(18)27-24(31(23)29-22)25-15-17-7-6-14-32-17/h2-5,8-11,17H,6-7,12-15H2,1H3,(H,25,27). The molecule has 162 valence electrons. The fraction of sp³-hybridized carbons (Fsp3) is 0.333. The molecule has 0 amide bonds. The van der Waals surface area contributed by atoms with Gasteiger partial charge in [0.25, 0.3) is 0 Å². The molecule has 1 unspecified atom stereocenters. The minimum Gasteiger partial charge on any atom is -0.376 e. The first-order valence-electron chi connectivity index (χ1n) is 11.2. The molecule has 0 aliphatic carbocycles. The van der Waals surface area contributed by atoms with E-state index in [4.69, 9.17) is 19.8 Å². The molecule has 32 heavy (non-hydrogen) atoms. The minimum atomic E-state index is 0.221. The lowest BCUT2D eigenvalue weighted by Crippen LogP contribution is -2.20. The van der Waals surface area contributed by atoms with Crippen LogP contribution in [0.3, 0.4) is 0 Å². The predicted molar refractivity (Wildman–Crippen MR) is 124 cm³/mol. The molecule has 0 radical (unpaired) electrons. The molecule has 3 aromatic heterocycles. The molecule has 8 heteroatoms. The summed E-state index contributed by atoms with van der Waals surface area (Å²) in [5, 5.41) is 9.27. The Bertz CT molecular complexity index is 1410. The van der Waals surface area contributed by atoms with E-state index in [9.17, 15) is 0 Å². The first-order valence-corrected chi connectivity index (χ1v) is 11.2. The van der Waals surface area contributed by atoms with Crippen LogP contribution in [0.1, 0.15) is 24.5 Å². The van der Waals surface area contributed by atoms with Crippen molar-refractivity contribution >= 4 is 33.5 Å². The highest BCUT2D eigenvalue weighted by Crippen LogP contribution is 2.22. The lowest BCUT2D eigenvalue weighted by Gasteiger charge is -2.12. The first-order chi connectivity index (χ1) is 15.8. The number of imidazole rings is 1. The number of fused-ring (bicyclic) bond motifs is 4. The second kappa shape index (κ2) is 7.87. The Kier molecular flexibility index (Phi) is 4.72. The van der Waals surface area contributed by atoms with Crippen LogP contribution in [0.4, 0.5) is 5.95 Å². The molecular weight excluding hydrogens is 402 g/mol. The minimum absolute atomic E-state index is 0.221. The average Bonchev–Trinajstić information content (AvgIpc) is 3.54.